The highest BCUT2D eigenvalue weighted by molar-refractivity contribution is 5.93. The lowest BCUT2D eigenvalue weighted by Gasteiger charge is -2.15. The second kappa shape index (κ2) is 4.57. The van der Waals surface area contributed by atoms with E-state index in [0.29, 0.717) is 25.2 Å². The van der Waals surface area contributed by atoms with Crippen LogP contribution in [-0.2, 0) is 16.6 Å². The van der Waals surface area contributed by atoms with E-state index in [9.17, 15) is 9.59 Å². The lowest BCUT2D eigenvalue weighted by molar-refractivity contribution is -0.144. The molecule has 6 nitrogen and oxygen atoms in total. The number of nitrogens with zero attached hydrogens (tertiary/aromatic N) is 3. The minimum atomic E-state index is -0.245. The van der Waals surface area contributed by atoms with E-state index >= 15 is 0 Å². The SMILES string of the molecule is COC(=O)C1CCN(C(=O)c2cncn2C)C1. The van der Waals surface area contributed by atoms with Crippen LogP contribution in [0.4, 0.5) is 0 Å². The van der Waals surface area contributed by atoms with E-state index < -0.39 is 0 Å². The number of carbonyl (C=O) groups excluding carboxylic acids is 2. The van der Waals surface area contributed by atoms with Gasteiger partial charge in [0.15, 0.2) is 0 Å². The molecule has 0 aliphatic carbocycles. The Bertz CT molecular complexity index is 441. The highest BCUT2D eigenvalue weighted by Gasteiger charge is 2.32. The predicted molar refractivity (Wildman–Crippen MR) is 59.2 cm³/mol. The average Bonchev–Trinajstić information content (AvgIpc) is 2.95. The highest BCUT2D eigenvalue weighted by atomic mass is 16.5. The van der Waals surface area contributed by atoms with Crippen LogP contribution >= 0.6 is 0 Å². The van der Waals surface area contributed by atoms with Crippen molar-refractivity contribution in [2.75, 3.05) is 20.2 Å². The molecule has 1 aromatic rings. The predicted octanol–water partition coefficient (Wildman–Crippen LogP) is 0.0552. The first-order chi connectivity index (χ1) is 8.13. The number of imidazole rings is 1. The van der Waals surface area contributed by atoms with Crippen LogP contribution in [-0.4, -0.2) is 46.5 Å². The molecular weight excluding hydrogens is 222 g/mol. The Morgan fingerprint density at radius 1 is 1.53 bits per heavy atom. The number of aryl methyl sites for hydroxylation is 1. The fourth-order valence-corrected chi connectivity index (χ4v) is 2.03. The molecule has 2 rings (SSSR count). The van der Waals surface area contributed by atoms with Gasteiger partial charge in [0.25, 0.3) is 5.91 Å². The summed E-state index contributed by atoms with van der Waals surface area (Å²) in [6, 6.07) is 0. The van der Waals surface area contributed by atoms with Crippen LogP contribution in [0, 0.1) is 5.92 Å². The number of methoxy groups -OCH3 is 1. The monoisotopic (exact) mass is 237 g/mol. The summed E-state index contributed by atoms with van der Waals surface area (Å²) in [7, 11) is 3.14. The molecular formula is C11H15N3O3. The molecule has 1 atom stereocenters. The van der Waals surface area contributed by atoms with Crippen LogP contribution in [0.2, 0.25) is 0 Å². The lowest BCUT2D eigenvalue weighted by Crippen LogP contribution is -2.31. The Kier molecular flexibility index (Phi) is 3.12. The number of hydrogen-bond acceptors (Lipinski definition) is 4. The smallest absolute Gasteiger partial charge is 0.310 e. The molecule has 1 fully saturated rings. The molecule has 1 saturated heterocycles. The third-order valence-electron chi connectivity index (χ3n) is 3.05. The number of aromatic nitrogens is 2. The number of likely N-dealkylation sites (tertiary alicyclic amines) is 1. The molecule has 0 N–H and O–H groups in total. The zero-order valence-corrected chi connectivity index (χ0v) is 9.92. The lowest BCUT2D eigenvalue weighted by atomic mass is 10.1. The second-order valence-electron chi connectivity index (χ2n) is 4.15. The third-order valence-corrected chi connectivity index (χ3v) is 3.05. The summed E-state index contributed by atoms with van der Waals surface area (Å²) >= 11 is 0. The summed E-state index contributed by atoms with van der Waals surface area (Å²) in [5.41, 5.74) is 0.538. The van der Waals surface area contributed by atoms with E-state index in [0.717, 1.165) is 0 Å². The molecule has 0 spiro atoms. The van der Waals surface area contributed by atoms with Crippen molar-refractivity contribution in [2.45, 2.75) is 6.42 Å². The molecule has 17 heavy (non-hydrogen) atoms. The summed E-state index contributed by atoms with van der Waals surface area (Å²) in [4.78, 5) is 29.0. The maximum atomic E-state index is 12.1. The van der Waals surface area contributed by atoms with Crippen LogP contribution in [0.5, 0.6) is 0 Å². The van der Waals surface area contributed by atoms with Crippen molar-refractivity contribution in [3.63, 3.8) is 0 Å². The minimum absolute atomic E-state index is 0.0867. The van der Waals surface area contributed by atoms with Gasteiger partial charge in [-0.25, -0.2) is 4.98 Å². The van der Waals surface area contributed by atoms with Crippen molar-refractivity contribution in [2.24, 2.45) is 13.0 Å². The summed E-state index contributed by atoms with van der Waals surface area (Å²) in [5, 5.41) is 0. The number of hydrogen-bond donors (Lipinski definition) is 0. The Labute approximate surface area is 99.2 Å². The number of rotatable bonds is 2. The van der Waals surface area contributed by atoms with Gasteiger partial charge in [-0.05, 0) is 6.42 Å². The molecule has 0 radical (unpaired) electrons. The molecule has 1 unspecified atom stereocenters. The Hall–Kier alpha value is -1.85. The third kappa shape index (κ3) is 2.15. The van der Waals surface area contributed by atoms with Crippen LogP contribution in [0.15, 0.2) is 12.5 Å². The molecule has 6 heteroatoms. The number of esters is 1. The van der Waals surface area contributed by atoms with E-state index in [1.54, 1.807) is 22.8 Å². The molecule has 1 aromatic heterocycles. The first-order valence-electron chi connectivity index (χ1n) is 5.47. The summed E-state index contributed by atoms with van der Waals surface area (Å²) in [6.07, 6.45) is 3.78. The van der Waals surface area contributed by atoms with E-state index in [-0.39, 0.29) is 17.8 Å². The first-order valence-corrected chi connectivity index (χ1v) is 5.47. The summed E-state index contributed by atoms with van der Waals surface area (Å²) < 4.78 is 6.36. The quantitative estimate of drug-likeness (QED) is 0.682. The fraction of sp³-hybridized carbons (Fsp3) is 0.545. The summed E-state index contributed by atoms with van der Waals surface area (Å²) in [6.45, 7) is 1.01. The van der Waals surface area contributed by atoms with Crippen LogP contribution < -0.4 is 0 Å². The van der Waals surface area contributed by atoms with E-state index in [2.05, 4.69) is 9.72 Å². The molecule has 0 aromatic carbocycles. The van der Waals surface area contributed by atoms with Crippen molar-refractivity contribution < 1.29 is 14.3 Å². The molecule has 1 aliphatic rings. The molecule has 0 bridgehead atoms. The van der Waals surface area contributed by atoms with Crippen LogP contribution in [0.3, 0.4) is 0 Å². The Balaban J connectivity index is 2.04. The first kappa shape index (κ1) is 11.6. The minimum Gasteiger partial charge on any atom is -0.469 e. The van der Waals surface area contributed by atoms with Gasteiger partial charge in [-0.2, -0.15) is 0 Å². The average molecular weight is 237 g/mol. The largest absolute Gasteiger partial charge is 0.469 e. The maximum Gasteiger partial charge on any atom is 0.310 e. The van der Waals surface area contributed by atoms with Gasteiger partial charge in [-0.15, -0.1) is 0 Å². The summed E-state index contributed by atoms with van der Waals surface area (Å²) in [5.74, 6) is -0.529. The molecule has 1 amide bonds. The van der Waals surface area contributed by atoms with Gasteiger partial charge >= 0.3 is 5.97 Å². The standard InChI is InChI=1S/C11H15N3O3/c1-13-7-12-5-9(13)10(15)14-4-3-8(6-14)11(16)17-2/h5,7-8H,3-4,6H2,1-2H3. The molecule has 2 heterocycles. The van der Waals surface area contributed by atoms with Gasteiger partial charge in [0.2, 0.25) is 0 Å². The number of carbonyl (C=O) groups is 2. The van der Waals surface area contributed by atoms with Gasteiger partial charge in [0.05, 0.1) is 25.6 Å². The number of amides is 1. The maximum absolute atomic E-state index is 12.1. The van der Waals surface area contributed by atoms with Crippen molar-refractivity contribution in [3.05, 3.63) is 18.2 Å². The topological polar surface area (TPSA) is 64.4 Å². The normalized spacial score (nSPS) is 19.4. The van der Waals surface area contributed by atoms with E-state index in [1.165, 1.54) is 13.3 Å². The highest BCUT2D eigenvalue weighted by Crippen LogP contribution is 2.19. The zero-order chi connectivity index (χ0) is 12.4. The Morgan fingerprint density at radius 2 is 2.29 bits per heavy atom. The molecule has 0 saturated carbocycles. The van der Waals surface area contributed by atoms with Crippen molar-refractivity contribution in [3.8, 4) is 0 Å². The molecule has 1 aliphatic heterocycles. The molecule has 92 valence electrons. The van der Waals surface area contributed by atoms with Gasteiger partial charge in [0, 0.05) is 20.1 Å². The van der Waals surface area contributed by atoms with Crippen molar-refractivity contribution in [1.29, 1.82) is 0 Å². The van der Waals surface area contributed by atoms with Crippen molar-refractivity contribution in [1.82, 2.24) is 14.5 Å². The van der Waals surface area contributed by atoms with Gasteiger partial charge in [0.1, 0.15) is 5.69 Å². The van der Waals surface area contributed by atoms with Crippen molar-refractivity contribution >= 4 is 11.9 Å². The number of ether oxygens (including phenoxy) is 1. The van der Waals surface area contributed by atoms with Gasteiger partial charge in [-0.1, -0.05) is 0 Å². The van der Waals surface area contributed by atoms with Gasteiger partial charge in [-0.3, -0.25) is 9.59 Å². The van der Waals surface area contributed by atoms with Crippen LogP contribution in [0.25, 0.3) is 0 Å². The Morgan fingerprint density at radius 3 is 2.88 bits per heavy atom. The zero-order valence-electron chi connectivity index (χ0n) is 9.92. The van der Waals surface area contributed by atoms with Crippen LogP contribution in [0.1, 0.15) is 16.9 Å². The van der Waals surface area contributed by atoms with Gasteiger partial charge < -0.3 is 14.2 Å². The van der Waals surface area contributed by atoms with E-state index in [1.807, 2.05) is 0 Å². The second-order valence-corrected chi connectivity index (χ2v) is 4.15. The fourth-order valence-electron chi connectivity index (χ4n) is 2.03. The van der Waals surface area contributed by atoms with E-state index in [4.69, 9.17) is 0 Å².